The molecule has 1 aliphatic heterocycles. The van der Waals surface area contributed by atoms with Gasteiger partial charge in [-0.05, 0) is 49.3 Å². The number of carbonyl (C=O) groups excluding carboxylic acids is 3. The van der Waals surface area contributed by atoms with Gasteiger partial charge in [0, 0.05) is 5.69 Å². The molecule has 158 valence electrons. The van der Waals surface area contributed by atoms with E-state index in [2.05, 4.69) is 10.6 Å². The number of nitrogens with one attached hydrogen (secondary N) is 2. The van der Waals surface area contributed by atoms with Crippen LogP contribution in [0.5, 0.6) is 0 Å². The van der Waals surface area contributed by atoms with Crippen LogP contribution in [0.4, 0.5) is 10.5 Å². The Morgan fingerprint density at radius 3 is 2.23 bits per heavy atom. The van der Waals surface area contributed by atoms with Gasteiger partial charge in [-0.15, -0.1) is 0 Å². The van der Waals surface area contributed by atoms with Gasteiger partial charge in [-0.1, -0.05) is 62.4 Å². The number of rotatable bonds is 8. The van der Waals surface area contributed by atoms with Crippen LogP contribution in [-0.4, -0.2) is 34.8 Å². The van der Waals surface area contributed by atoms with Crippen molar-refractivity contribution in [2.45, 2.75) is 52.0 Å². The number of benzene rings is 2. The molecule has 0 radical (unpaired) electrons. The summed E-state index contributed by atoms with van der Waals surface area (Å²) in [6.07, 6.45) is 2.69. The number of aryl methyl sites for hydroxylation is 3. The van der Waals surface area contributed by atoms with E-state index in [0.717, 1.165) is 40.1 Å². The van der Waals surface area contributed by atoms with Crippen molar-refractivity contribution in [1.29, 1.82) is 0 Å². The summed E-state index contributed by atoms with van der Waals surface area (Å²) >= 11 is 0. The number of anilines is 1. The molecule has 2 N–H and O–H groups in total. The largest absolute Gasteiger partial charge is 0.325 e. The molecule has 1 atom stereocenters. The topological polar surface area (TPSA) is 78.5 Å². The summed E-state index contributed by atoms with van der Waals surface area (Å²) in [5, 5.41) is 5.69. The van der Waals surface area contributed by atoms with Gasteiger partial charge in [-0.25, -0.2) is 4.79 Å². The zero-order chi connectivity index (χ0) is 21.7. The number of hydrogen-bond acceptors (Lipinski definition) is 3. The van der Waals surface area contributed by atoms with Crippen molar-refractivity contribution >= 4 is 23.5 Å². The van der Waals surface area contributed by atoms with Crippen LogP contribution in [0.25, 0.3) is 0 Å². The Labute approximate surface area is 177 Å². The molecule has 6 nitrogen and oxygen atoms in total. The zero-order valence-electron chi connectivity index (χ0n) is 17.8. The van der Waals surface area contributed by atoms with Gasteiger partial charge in [0.05, 0.1) is 0 Å². The van der Waals surface area contributed by atoms with Crippen LogP contribution in [0.1, 0.15) is 43.9 Å². The lowest BCUT2D eigenvalue weighted by molar-refractivity contribution is -0.133. The van der Waals surface area contributed by atoms with Crippen LogP contribution >= 0.6 is 0 Å². The lowest BCUT2D eigenvalue weighted by Crippen LogP contribution is -2.45. The third kappa shape index (κ3) is 4.53. The first kappa shape index (κ1) is 21.6. The summed E-state index contributed by atoms with van der Waals surface area (Å²) in [6.45, 7) is 5.47. The normalized spacial score (nSPS) is 18.4. The van der Waals surface area contributed by atoms with Crippen molar-refractivity contribution in [2.75, 3.05) is 11.9 Å². The maximum absolute atomic E-state index is 13.0. The van der Waals surface area contributed by atoms with E-state index in [0.29, 0.717) is 12.8 Å². The Bertz CT molecular complexity index is 920. The van der Waals surface area contributed by atoms with Crippen LogP contribution in [0.3, 0.4) is 0 Å². The molecule has 1 aliphatic rings. The monoisotopic (exact) mass is 407 g/mol. The van der Waals surface area contributed by atoms with E-state index in [4.69, 9.17) is 0 Å². The first-order chi connectivity index (χ1) is 14.4. The lowest BCUT2D eigenvalue weighted by atomic mass is 9.93. The third-order valence-electron chi connectivity index (χ3n) is 5.67. The molecule has 30 heavy (non-hydrogen) atoms. The number of para-hydroxylation sites is 1. The molecular weight excluding hydrogens is 378 g/mol. The molecule has 0 saturated carbocycles. The SMILES string of the molecule is CCc1cccc(CC)c1NC(=O)CN1C(=O)N[C@@](C)(CCc2ccccc2)C1=O. The summed E-state index contributed by atoms with van der Waals surface area (Å²) in [5.41, 5.74) is 2.94. The quantitative estimate of drug-likeness (QED) is 0.655. The average Bonchev–Trinajstić information content (AvgIpc) is 2.96. The van der Waals surface area contributed by atoms with Gasteiger partial charge in [-0.2, -0.15) is 0 Å². The van der Waals surface area contributed by atoms with Crippen molar-refractivity contribution in [3.05, 3.63) is 65.2 Å². The van der Waals surface area contributed by atoms with Crippen LogP contribution in [0.15, 0.2) is 48.5 Å². The van der Waals surface area contributed by atoms with Crippen molar-refractivity contribution < 1.29 is 14.4 Å². The Kier molecular flexibility index (Phi) is 6.55. The molecule has 4 amide bonds. The molecule has 2 aromatic carbocycles. The van der Waals surface area contributed by atoms with E-state index in [-0.39, 0.29) is 18.4 Å². The van der Waals surface area contributed by atoms with Gasteiger partial charge in [0.1, 0.15) is 12.1 Å². The van der Waals surface area contributed by atoms with E-state index in [9.17, 15) is 14.4 Å². The predicted octanol–water partition coefficient (Wildman–Crippen LogP) is 3.69. The van der Waals surface area contributed by atoms with Gasteiger partial charge in [0.25, 0.3) is 5.91 Å². The minimum Gasteiger partial charge on any atom is -0.324 e. The van der Waals surface area contributed by atoms with Crippen LogP contribution in [0, 0.1) is 0 Å². The molecule has 3 rings (SSSR count). The standard InChI is InChI=1S/C24H29N3O3/c1-4-18-12-9-13-19(5-2)21(18)25-20(28)16-27-22(29)24(3,26-23(27)30)15-14-17-10-7-6-8-11-17/h6-13H,4-5,14-16H2,1-3H3,(H,25,28)(H,26,30)/t24-/m0/s1. The van der Waals surface area contributed by atoms with E-state index < -0.39 is 11.6 Å². The zero-order valence-corrected chi connectivity index (χ0v) is 17.8. The number of imide groups is 1. The molecule has 2 aromatic rings. The summed E-state index contributed by atoms with van der Waals surface area (Å²) in [7, 11) is 0. The minimum atomic E-state index is -1.01. The highest BCUT2D eigenvalue weighted by Crippen LogP contribution is 2.25. The van der Waals surface area contributed by atoms with E-state index in [1.807, 2.05) is 62.4 Å². The highest BCUT2D eigenvalue weighted by atomic mass is 16.2. The Morgan fingerprint density at radius 2 is 1.63 bits per heavy atom. The fourth-order valence-corrected chi connectivity index (χ4v) is 3.82. The number of carbonyl (C=O) groups is 3. The molecule has 1 saturated heterocycles. The molecular formula is C24H29N3O3. The van der Waals surface area contributed by atoms with E-state index in [1.54, 1.807) is 6.92 Å². The summed E-state index contributed by atoms with van der Waals surface area (Å²) in [6, 6.07) is 15.2. The molecule has 0 spiro atoms. The Balaban J connectivity index is 1.67. The Hall–Kier alpha value is -3.15. The second-order valence-electron chi connectivity index (χ2n) is 7.85. The molecule has 0 aliphatic carbocycles. The molecule has 0 unspecified atom stereocenters. The fraction of sp³-hybridized carbons (Fsp3) is 0.375. The van der Waals surface area contributed by atoms with Gasteiger partial charge >= 0.3 is 6.03 Å². The highest BCUT2D eigenvalue weighted by molar-refractivity contribution is 6.10. The van der Waals surface area contributed by atoms with Crippen molar-refractivity contribution in [3.63, 3.8) is 0 Å². The number of amides is 4. The number of urea groups is 1. The van der Waals surface area contributed by atoms with Gasteiger partial charge in [-0.3, -0.25) is 14.5 Å². The predicted molar refractivity (Wildman–Crippen MR) is 117 cm³/mol. The summed E-state index contributed by atoms with van der Waals surface area (Å²) in [5.74, 6) is -0.737. The maximum Gasteiger partial charge on any atom is 0.325 e. The van der Waals surface area contributed by atoms with Crippen LogP contribution < -0.4 is 10.6 Å². The minimum absolute atomic E-state index is 0.299. The van der Waals surface area contributed by atoms with Gasteiger partial charge < -0.3 is 10.6 Å². The van der Waals surface area contributed by atoms with Gasteiger partial charge in [0.15, 0.2) is 0 Å². The number of hydrogen-bond donors (Lipinski definition) is 2. The van der Waals surface area contributed by atoms with E-state index >= 15 is 0 Å². The van der Waals surface area contributed by atoms with Crippen molar-refractivity contribution in [1.82, 2.24) is 10.2 Å². The Morgan fingerprint density at radius 1 is 1.00 bits per heavy atom. The van der Waals surface area contributed by atoms with Gasteiger partial charge in [0.2, 0.25) is 5.91 Å². The molecule has 0 aromatic heterocycles. The first-order valence-corrected chi connectivity index (χ1v) is 10.5. The smallest absolute Gasteiger partial charge is 0.324 e. The summed E-state index contributed by atoms with van der Waals surface area (Å²) in [4.78, 5) is 39.1. The summed E-state index contributed by atoms with van der Waals surface area (Å²) < 4.78 is 0. The second kappa shape index (κ2) is 9.11. The molecule has 1 heterocycles. The lowest BCUT2D eigenvalue weighted by Gasteiger charge is -2.22. The molecule has 0 bridgehead atoms. The van der Waals surface area contributed by atoms with Crippen LogP contribution in [-0.2, 0) is 28.9 Å². The molecule has 1 fully saturated rings. The van der Waals surface area contributed by atoms with Crippen molar-refractivity contribution in [2.24, 2.45) is 0 Å². The fourth-order valence-electron chi connectivity index (χ4n) is 3.82. The number of nitrogens with zero attached hydrogens (tertiary/aromatic N) is 1. The maximum atomic E-state index is 13.0. The molecule has 6 heteroatoms. The first-order valence-electron chi connectivity index (χ1n) is 10.5. The average molecular weight is 408 g/mol. The van der Waals surface area contributed by atoms with Crippen molar-refractivity contribution in [3.8, 4) is 0 Å². The van der Waals surface area contributed by atoms with E-state index in [1.165, 1.54) is 0 Å². The third-order valence-corrected chi connectivity index (χ3v) is 5.67. The second-order valence-corrected chi connectivity index (χ2v) is 7.85. The highest BCUT2D eigenvalue weighted by Gasteiger charge is 2.47. The van der Waals surface area contributed by atoms with Crippen LogP contribution in [0.2, 0.25) is 0 Å².